The number of aryl methyl sites for hydroxylation is 1. The average Bonchev–Trinajstić information content (AvgIpc) is 3.12. The van der Waals surface area contributed by atoms with Crippen molar-refractivity contribution >= 4 is 0 Å². The summed E-state index contributed by atoms with van der Waals surface area (Å²) in [5.74, 6) is 0.548. The molecule has 1 aromatic rings. The fourth-order valence-electron chi connectivity index (χ4n) is 3.15. The van der Waals surface area contributed by atoms with Crippen LogP contribution in [0.1, 0.15) is 55.3 Å². The van der Waals surface area contributed by atoms with Gasteiger partial charge in [0.25, 0.3) is 0 Å². The van der Waals surface area contributed by atoms with Gasteiger partial charge < -0.3 is 10.0 Å². The minimum Gasteiger partial charge on any atom is -0.396 e. The molecule has 1 saturated carbocycles. The third-order valence-electron chi connectivity index (χ3n) is 4.57. The first-order chi connectivity index (χ1) is 8.91. The Labute approximate surface area is 117 Å². The van der Waals surface area contributed by atoms with Crippen molar-refractivity contribution in [2.24, 2.45) is 5.41 Å². The van der Waals surface area contributed by atoms with Crippen LogP contribution in [0.4, 0.5) is 0 Å². The second-order valence-electron chi connectivity index (χ2n) is 6.66. The first-order valence-corrected chi connectivity index (χ1v) is 7.29. The van der Waals surface area contributed by atoms with Crippen molar-refractivity contribution < 1.29 is 5.11 Å². The van der Waals surface area contributed by atoms with E-state index in [9.17, 15) is 5.11 Å². The highest BCUT2D eigenvalue weighted by Gasteiger charge is 2.50. The van der Waals surface area contributed by atoms with Gasteiger partial charge in [-0.1, -0.05) is 32.0 Å². The standard InChI is InChI=1S/C17H27NO/c1-12(2)14-7-6-13(3)15(10-14)16(18(4)5)17(11-19)8-9-17/h6-7,10,12,16,19H,8-9,11H2,1-5H3. The van der Waals surface area contributed by atoms with E-state index in [0.717, 1.165) is 12.8 Å². The zero-order valence-electron chi connectivity index (χ0n) is 12.9. The zero-order valence-corrected chi connectivity index (χ0v) is 12.9. The van der Waals surface area contributed by atoms with Crippen LogP contribution in [-0.2, 0) is 0 Å². The van der Waals surface area contributed by atoms with Gasteiger partial charge in [-0.05, 0) is 56.5 Å². The molecule has 19 heavy (non-hydrogen) atoms. The largest absolute Gasteiger partial charge is 0.396 e. The van der Waals surface area contributed by atoms with E-state index < -0.39 is 0 Å². The van der Waals surface area contributed by atoms with Crippen molar-refractivity contribution in [3.8, 4) is 0 Å². The van der Waals surface area contributed by atoms with E-state index >= 15 is 0 Å². The Morgan fingerprint density at radius 2 is 1.89 bits per heavy atom. The number of rotatable bonds is 5. The summed E-state index contributed by atoms with van der Waals surface area (Å²) in [6.45, 7) is 6.95. The highest BCUT2D eigenvalue weighted by atomic mass is 16.3. The minimum atomic E-state index is 0.0872. The van der Waals surface area contributed by atoms with E-state index in [1.807, 2.05) is 0 Å². The molecule has 1 aliphatic carbocycles. The molecule has 1 atom stereocenters. The summed E-state index contributed by atoms with van der Waals surface area (Å²) in [7, 11) is 4.25. The minimum absolute atomic E-state index is 0.0872. The number of hydrogen-bond donors (Lipinski definition) is 1. The van der Waals surface area contributed by atoms with Crippen LogP contribution in [0.3, 0.4) is 0 Å². The lowest BCUT2D eigenvalue weighted by molar-refractivity contribution is 0.115. The van der Waals surface area contributed by atoms with Crippen LogP contribution in [0.25, 0.3) is 0 Å². The number of aliphatic hydroxyl groups is 1. The molecule has 0 radical (unpaired) electrons. The second-order valence-corrected chi connectivity index (χ2v) is 6.66. The Morgan fingerprint density at radius 1 is 1.26 bits per heavy atom. The molecule has 0 aromatic heterocycles. The SMILES string of the molecule is Cc1ccc(C(C)C)cc1C(N(C)C)C1(CO)CC1. The first-order valence-electron chi connectivity index (χ1n) is 7.29. The van der Waals surface area contributed by atoms with Crippen molar-refractivity contribution in [3.05, 3.63) is 34.9 Å². The van der Waals surface area contributed by atoms with Gasteiger partial charge in [-0.3, -0.25) is 0 Å². The molecule has 2 rings (SSSR count). The van der Waals surface area contributed by atoms with Gasteiger partial charge in [0.1, 0.15) is 0 Å². The van der Waals surface area contributed by atoms with Crippen LogP contribution in [0, 0.1) is 12.3 Å². The molecule has 1 fully saturated rings. The van der Waals surface area contributed by atoms with Crippen LogP contribution in [0.15, 0.2) is 18.2 Å². The lowest BCUT2D eigenvalue weighted by atomic mass is 9.85. The molecule has 0 heterocycles. The predicted octanol–water partition coefficient (Wildman–Crippen LogP) is 3.49. The number of aliphatic hydroxyl groups excluding tert-OH is 1. The van der Waals surface area contributed by atoms with Crippen LogP contribution in [0.2, 0.25) is 0 Å². The first kappa shape index (κ1) is 14.5. The predicted molar refractivity (Wildman–Crippen MR) is 80.4 cm³/mol. The van der Waals surface area contributed by atoms with E-state index in [1.165, 1.54) is 16.7 Å². The van der Waals surface area contributed by atoms with Crippen molar-refractivity contribution in [1.82, 2.24) is 4.90 Å². The Bertz CT molecular complexity index is 447. The van der Waals surface area contributed by atoms with Crippen molar-refractivity contribution in [2.75, 3.05) is 20.7 Å². The van der Waals surface area contributed by atoms with Crippen LogP contribution < -0.4 is 0 Å². The quantitative estimate of drug-likeness (QED) is 0.877. The maximum Gasteiger partial charge on any atom is 0.0505 e. The number of nitrogens with zero attached hydrogens (tertiary/aromatic N) is 1. The Hall–Kier alpha value is -0.860. The van der Waals surface area contributed by atoms with E-state index in [0.29, 0.717) is 18.6 Å². The molecule has 0 saturated heterocycles. The lowest BCUT2D eigenvalue weighted by Gasteiger charge is -2.33. The van der Waals surface area contributed by atoms with Gasteiger partial charge in [0.15, 0.2) is 0 Å². The molecule has 0 bridgehead atoms. The summed E-state index contributed by atoms with van der Waals surface area (Å²) < 4.78 is 0. The molecule has 2 nitrogen and oxygen atoms in total. The summed E-state index contributed by atoms with van der Waals surface area (Å²) >= 11 is 0. The van der Waals surface area contributed by atoms with Crippen molar-refractivity contribution in [2.45, 2.75) is 45.6 Å². The van der Waals surface area contributed by atoms with Crippen molar-refractivity contribution in [1.29, 1.82) is 0 Å². The Morgan fingerprint density at radius 3 is 2.32 bits per heavy atom. The Kier molecular flexibility index (Phi) is 4.03. The van der Waals surface area contributed by atoms with Crippen molar-refractivity contribution in [3.63, 3.8) is 0 Å². The fraction of sp³-hybridized carbons (Fsp3) is 0.647. The molecule has 1 aromatic carbocycles. The van der Waals surface area contributed by atoms with Crippen LogP contribution in [0.5, 0.6) is 0 Å². The molecule has 1 aliphatic rings. The van der Waals surface area contributed by atoms with E-state index in [1.54, 1.807) is 0 Å². The lowest BCUT2D eigenvalue weighted by Crippen LogP contribution is -2.31. The molecular weight excluding hydrogens is 234 g/mol. The third kappa shape index (κ3) is 2.70. The Balaban J connectivity index is 2.45. The molecule has 0 amide bonds. The molecule has 106 valence electrons. The molecule has 2 heteroatoms. The highest BCUT2D eigenvalue weighted by Crippen LogP contribution is 2.56. The summed E-state index contributed by atoms with van der Waals surface area (Å²) in [5, 5.41) is 9.78. The van der Waals surface area contributed by atoms with Crippen LogP contribution in [-0.4, -0.2) is 30.7 Å². The van der Waals surface area contributed by atoms with Gasteiger partial charge in [0.2, 0.25) is 0 Å². The summed E-state index contributed by atoms with van der Waals surface area (Å²) in [6, 6.07) is 7.14. The van der Waals surface area contributed by atoms with E-state index in [4.69, 9.17) is 0 Å². The van der Waals surface area contributed by atoms with Gasteiger partial charge in [-0.2, -0.15) is 0 Å². The fourth-order valence-corrected chi connectivity index (χ4v) is 3.15. The molecular formula is C17H27NO. The summed E-state index contributed by atoms with van der Waals surface area (Å²) in [4.78, 5) is 2.27. The highest BCUT2D eigenvalue weighted by molar-refractivity contribution is 5.37. The molecule has 0 aliphatic heterocycles. The summed E-state index contributed by atoms with van der Waals surface area (Å²) in [5.41, 5.74) is 4.20. The number of benzene rings is 1. The summed E-state index contributed by atoms with van der Waals surface area (Å²) in [6.07, 6.45) is 2.27. The smallest absolute Gasteiger partial charge is 0.0505 e. The van der Waals surface area contributed by atoms with E-state index in [-0.39, 0.29) is 5.41 Å². The van der Waals surface area contributed by atoms with Gasteiger partial charge in [0.05, 0.1) is 6.61 Å². The second kappa shape index (κ2) is 5.26. The molecule has 0 spiro atoms. The van der Waals surface area contributed by atoms with Crippen LogP contribution >= 0.6 is 0 Å². The monoisotopic (exact) mass is 261 g/mol. The normalized spacial score (nSPS) is 18.9. The average molecular weight is 261 g/mol. The third-order valence-corrected chi connectivity index (χ3v) is 4.57. The number of hydrogen-bond acceptors (Lipinski definition) is 2. The molecule has 1 unspecified atom stereocenters. The topological polar surface area (TPSA) is 23.5 Å². The molecule has 1 N–H and O–H groups in total. The van der Waals surface area contributed by atoms with Gasteiger partial charge in [0, 0.05) is 11.5 Å². The van der Waals surface area contributed by atoms with Gasteiger partial charge >= 0.3 is 0 Å². The van der Waals surface area contributed by atoms with Gasteiger partial charge in [-0.25, -0.2) is 0 Å². The van der Waals surface area contributed by atoms with E-state index in [2.05, 4.69) is 58.0 Å². The zero-order chi connectivity index (χ0) is 14.2. The maximum absolute atomic E-state index is 9.78. The van der Waals surface area contributed by atoms with Gasteiger partial charge in [-0.15, -0.1) is 0 Å². The maximum atomic E-state index is 9.78.